The Labute approximate surface area is 87.5 Å². The lowest BCUT2D eigenvalue weighted by molar-refractivity contribution is -0.117. The maximum absolute atomic E-state index is 13.4. The minimum absolute atomic E-state index is 0.1000. The highest BCUT2D eigenvalue weighted by atomic mass is 19.1. The zero-order chi connectivity index (χ0) is 11.0. The van der Waals surface area contributed by atoms with Crippen molar-refractivity contribution in [1.82, 2.24) is 0 Å². The van der Waals surface area contributed by atoms with E-state index < -0.39 is 5.82 Å². The number of nitrogens with zero attached hydrogens (tertiary/aromatic N) is 1. The fourth-order valence-electron chi connectivity index (χ4n) is 1.72. The number of rotatable bonds is 0. The largest absolute Gasteiger partial charge is 0.484 e. The third-order valence-corrected chi connectivity index (χ3v) is 2.38. The van der Waals surface area contributed by atoms with Gasteiger partial charge in [-0.05, 0) is 19.1 Å². The van der Waals surface area contributed by atoms with Crippen molar-refractivity contribution in [2.45, 2.75) is 20.0 Å². The highest BCUT2D eigenvalue weighted by Crippen LogP contribution is 2.35. The lowest BCUT2D eigenvalue weighted by Crippen LogP contribution is -2.41. The van der Waals surface area contributed by atoms with Gasteiger partial charge in [0, 0.05) is 6.92 Å². The molecule has 0 spiro atoms. The van der Waals surface area contributed by atoms with Crippen molar-refractivity contribution >= 4 is 11.6 Å². The first-order chi connectivity index (χ1) is 7.09. The topological polar surface area (TPSA) is 29.5 Å². The summed E-state index contributed by atoms with van der Waals surface area (Å²) in [4.78, 5) is 12.9. The Balaban J connectivity index is 2.51. The van der Waals surface area contributed by atoms with E-state index in [1.807, 2.05) is 6.92 Å². The van der Waals surface area contributed by atoms with Crippen LogP contribution in [0.4, 0.5) is 10.1 Å². The van der Waals surface area contributed by atoms with E-state index in [2.05, 4.69) is 0 Å². The number of benzene rings is 1. The molecule has 15 heavy (non-hydrogen) atoms. The molecule has 0 N–H and O–H groups in total. The Kier molecular flexibility index (Phi) is 2.34. The molecule has 0 saturated heterocycles. The van der Waals surface area contributed by atoms with E-state index in [0.29, 0.717) is 12.2 Å². The Morgan fingerprint density at radius 2 is 2.33 bits per heavy atom. The van der Waals surface area contributed by atoms with Gasteiger partial charge < -0.3 is 9.64 Å². The molecule has 1 aliphatic heterocycles. The average Bonchev–Trinajstić information content (AvgIpc) is 2.18. The Morgan fingerprint density at radius 1 is 1.60 bits per heavy atom. The summed E-state index contributed by atoms with van der Waals surface area (Å²) in [5, 5.41) is 0. The zero-order valence-electron chi connectivity index (χ0n) is 8.66. The number of amides is 1. The van der Waals surface area contributed by atoms with Gasteiger partial charge in [-0.3, -0.25) is 4.79 Å². The summed E-state index contributed by atoms with van der Waals surface area (Å²) in [6.45, 7) is 3.74. The van der Waals surface area contributed by atoms with Crippen LogP contribution in [0.25, 0.3) is 0 Å². The molecular weight excluding hydrogens is 197 g/mol. The number of carbonyl (C=O) groups excluding carboxylic acids is 1. The highest BCUT2D eigenvalue weighted by Gasteiger charge is 2.27. The molecular formula is C11H12FNO2. The second-order valence-corrected chi connectivity index (χ2v) is 3.65. The van der Waals surface area contributed by atoms with Crippen LogP contribution in [0.5, 0.6) is 5.75 Å². The number of para-hydroxylation sites is 1. The fraction of sp³-hybridized carbons (Fsp3) is 0.364. The molecule has 1 aromatic carbocycles. The van der Waals surface area contributed by atoms with Crippen LogP contribution in [0.1, 0.15) is 13.8 Å². The standard InChI is InChI=1S/C11H12FNO2/c1-7-6-13(8(2)14)10-5-3-4-9(12)11(10)15-7/h3-5,7H,6H2,1-2H3. The summed E-state index contributed by atoms with van der Waals surface area (Å²) in [6, 6.07) is 4.59. The molecule has 0 saturated carbocycles. The summed E-state index contributed by atoms with van der Waals surface area (Å²) < 4.78 is 18.8. The Bertz CT molecular complexity index is 406. The van der Waals surface area contributed by atoms with Gasteiger partial charge in [0.15, 0.2) is 11.6 Å². The smallest absolute Gasteiger partial charge is 0.224 e. The Morgan fingerprint density at radius 3 is 3.00 bits per heavy atom. The van der Waals surface area contributed by atoms with Crippen molar-refractivity contribution in [3.63, 3.8) is 0 Å². The normalized spacial score (nSPS) is 19.4. The molecule has 1 atom stereocenters. The van der Waals surface area contributed by atoms with Crippen LogP contribution >= 0.6 is 0 Å². The summed E-state index contributed by atoms with van der Waals surface area (Å²) in [5.41, 5.74) is 0.514. The summed E-state index contributed by atoms with van der Waals surface area (Å²) in [7, 11) is 0. The molecule has 0 radical (unpaired) electrons. The molecule has 4 heteroatoms. The third kappa shape index (κ3) is 1.67. The van der Waals surface area contributed by atoms with E-state index in [4.69, 9.17) is 4.74 Å². The minimum Gasteiger partial charge on any atom is -0.484 e. The molecule has 1 heterocycles. The van der Waals surface area contributed by atoms with Crippen LogP contribution in [-0.2, 0) is 4.79 Å². The second-order valence-electron chi connectivity index (χ2n) is 3.65. The van der Waals surface area contributed by atoms with E-state index in [1.165, 1.54) is 17.9 Å². The van der Waals surface area contributed by atoms with Crippen molar-refractivity contribution in [2.24, 2.45) is 0 Å². The van der Waals surface area contributed by atoms with E-state index in [9.17, 15) is 9.18 Å². The van der Waals surface area contributed by atoms with Gasteiger partial charge >= 0.3 is 0 Å². The van der Waals surface area contributed by atoms with Gasteiger partial charge in [0.25, 0.3) is 0 Å². The van der Waals surface area contributed by atoms with E-state index in [-0.39, 0.29) is 17.8 Å². The average molecular weight is 209 g/mol. The molecule has 80 valence electrons. The summed E-state index contributed by atoms with van der Waals surface area (Å²) in [5.74, 6) is -0.353. The lowest BCUT2D eigenvalue weighted by Gasteiger charge is -2.32. The zero-order valence-corrected chi connectivity index (χ0v) is 8.66. The van der Waals surface area contributed by atoms with Crippen molar-refractivity contribution in [2.75, 3.05) is 11.4 Å². The van der Waals surface area contributed by atoms with Gasteiger partial charge in [0.1, 0.15) is 6.10 Å². The van der Waals surface area contributed by atoms with Gasteiger partial charge in [-0.2, -0.15) is 0 Å². The van der Waals surface area contributed by atoms with Gasteiger partial charge in [-0.1, -0.05) is 6.07 Å². The van der Waals surface area contributed by atoms with Crippen LogP contribution in [0.2, 0.25) is 0 Å². The lowest BCUT2D eigenvalue weighted by atomic mass is 10.2. The first-order valence-corrected chi connectivity index (χ1v) is 4.83. The molecule has 3 nitrogen and oxygen atoms in total. The molecule has 0 bridgehead atoms. The first-order valence-electron chi connectivity index (χ1n) is 4.83. The van der Waals surface area contributed by atoms with Crippen LogP contribution in [-0.4, -0.2) is 18.6 Å². The third-order valence-electron chi connectivity index (χ3n) is 2.38. The van der Waals surface area contributed by atoms with Gasteiger partial charge in [0.05, 0.1) is 12.2 Å². The van der Waals surface area contributed by atoms with Crippen molar-refractivity contribution in [3.05, 3.63) is 24.0 Å². The molecule has 1 aromatic rings. The number of hydrogen-bond acceptors (Lipinski definition) is 2. The van der Waals surface area contributed by atoms with E-state index >= 15 is 0 Å². The predicted octanol–water partition coefficient (Wildman–Crippen LogP) is 1.96. The molecule has 1 amide bonds. The SMILES string of the molecule is CC(=O)N1CC(C)Oc2c(F)cccc21. The van der Waals surface area contributed by atoms with Crippen molar-refractivity contribution in [3.8, 4) is 5.75 Å². The second kappa shape index (κ2) is 3.53. The predicted molar refractivity (Wildman–Crippen MR) is 54.5 cm³/mol. The summed E-state index contributed by atoms with van der Waals surface area (Å²) >= 11 is 0. The maximum atomic E-state index is 13.4. The molecule has 1 unspecified atom stereocenters. The fourth-order valence-corrected chi connectivity index (χ4v) is 1.72. The quantitative estimate of drug-likeness (QED) is 0.653. The molecule has 1 aliphatic rings. The van der Waals surface area contributed by atoms with Crippen LogP contribution in [0.3, 0.4) is 0 Å². The van der Waals surface area contributed by atoms with Gasteiger partial charge in [-0.25, -0.2) is 4.39 Å². The number of carbonyl (C=O) groups is 1. The number of halogens is 1. The van der Waals surface area contributed by atoms with Crippen LogP contribution in [0.15, 0.2) is 18.2 Å². The van der Waals surface area contributed by atoms with Crippen molar-refractivity contribution < 1.29 is 13.9 Å². The monoisotopic (exact) mass is 209 g/mol. The summed E-state index contributed by atoms with van der Waals surface area (Å²) in [6.07, 6.45) is -0.182. The maximum Gasteiger partial charge on any atom is 0.224 e. The van der Waals surface area contributed by atoms with E-state index in [0.717, 1.165) is 0 Å². The molecule has 2 rings (SSSR count). The molecule has 0 aromatic heterocycles. The number of anilines is 1. The van der Waals surface area contributed by atoms with Crippen LogP contribution in [0, 0.1) is 5.82 Å². The van der Waals surface area contributed by atoms with Gasteiger partial charge in [0.2, 0.25) is 5.91 Å². The first kappa shape index (κ1) is 9.96. The van der Waals surface area contributed by atoms with E-state index in [1.54, 1.807) is 12.1 Å². The molecule has 0 fully saturated rings. The Hall–Kier alpha value is -1.58. The van der Waals surface area contributed by atoms with Gasteiger partial charge in [-0.15, -0.1) is 0 Å². The minimum atomic E-state index is -0.426. The number of ether oxygens (including phenoxy) is 1. The van der Waals surface area contributed by atoms with Crippen LogP contribution < -0.4 is 9.64 Å². The van der Waals surface area contributed by atoms with Crippen molar-refractivity contribution in [1.29, 1.82) is 0 Å². The highest BCUT2D eigenvalue weighted by molar-refractivity contribution is 5.93. The number of fused-ring (bicyclic) bond motifs is 1. The number of hydrogen-bond donors (Lipinski definition) is 0. The molecule has 0 aliphatic carbocycles.